The predicted octanol–water partition coefficient (Wildman–Crippen LogP) is 22.8. The van der Waals surface area contributed by atoms with Gasteiger partial charge in [-0.15, -0.1) is 0 Å². The fraction of sp³-hybridized carbons (Fsp3) is 0.0444. The average molecular weight is 1180 g/mol. The van der Waals surface area contributed by atoms with Gasteiger partial charge in [0.15, 0.2) is 0 Å². The molecule has 16 aromatic carbocycles. The van der Waals surface area contributed by atoms with E-state index in [0.717, 1.165) is 89.8 Å². The molecule has 0 fully saturated rings. The highest BCUT2D eigenvalue weighted by Crippen LogP contribution is 2.55. The minimum absolute atomic E-state index is 0.0270. The highest BCUT2D eigenvalue weighted by Gasteiger charge is 2.46. The normalized spacial score (nSPS) is 12.6. The van der Waals surface area contributed by atoms with Gasteiger partial charge in [-0.1, -0.05) is 324 Å². The van der Waals surface area contributed by atoms with Crippen molar-refractivity contribution in [2.75, 3.05) is 9.80 Å². The van der Waals surface area contributed by atoms with Crippen LogP contribution in [0.4, 0.5) is 34.1 Å². The van der Waals surface area contributed by atoms with Gasteiger partial charge in [0.2, 0.25) is 0 Å². The van der Waals surface area contributed by atoms with Crippen LogP contribution in [-0.4, -0.2) is 6.71 Å². The molecule has 2 aliphatic heterocycles. The van der Waals surface area contributed by atoms with Gasteiger partial charge < -0.3 is 9.80 Å². The number of para-hydroxylation sites is 2. The van der Waals surface area contributed by atoms with Crippen molar-refractivity contribution in [3.05, 3.63) is 333 Å². The minimum atomic E-state index is -0.238. The lowest BCUT2D eigenvalue weighted by molar-refractivity contribution is 0.590. The Morgan fingerprint density at radius 2 is 0.634 bits per heavy atom. The van der Waals surface area contributed by atoms with Crippen LogP contribution in [0.2, 0.25) is 0 Å². The van der Waals surface area contributed by atoms with E-state index in [4.69, 9.17) is 0 Å². The number of nitrogens with zero attached hydrogens (tertiary/aromatic N) is 2. The van der Waals surface area contributed by atoms with Crippen molar-refractivity contribution in [3.8, 4) is 77.9 Å². The smallest absolute Gasteiger partial charge is 0.252 e. The lowest BCUT2D eigenvalue weighted by atomic mass is 9.33. The van der Waals surface area contributed by atoms with E-state index in [2.05, 4.69) is 358 Å². The Balaban J connectivity index is 1.02. The van der Waals surface area contributed by atoms with Crippen molar-refractivity contribution in [2.24, 2.45) is 0 Å². The molecule has 2 nitrogen and oxygen atoms in total. The topological polar surface area (TPSA) is 6.48 Å². The first-order chi connectivity index (χ1) is 45.8. The maximum absolute atomic E-state index is 2.68. The molecule has 0 saturated carbocycles. The highest BCUT2D eigenvalue weighted by atomic mass is 15.2. The number of hydrogen-bond donors (Lipinski definition) is 0. The first-order valence-corrected chi connectivity index (χ1v) is 32.6. The van der Waals surface area contributed by atoms with E-state index in [9.17, 15) is 0 Å². The average Bonchev–Trinajstić information content (AvgIpc) is 0.704. The Morgan fingerprint density at radius 3 is 1.11 bits per heavy atom. The molecule has 0 aromatic heterocycles. The van der Waals surface area contributed by atoms with Crippen LogP contribution in [0.3, 0.4) is 0 Å². The van der Waals surface area contributed by atoms with Gasteiger partial charge >= 0.3 is 0 Å². The van der Waals surface area contributed by atoms with Gasteiger partial charge in [0.05, 0.1) is 11.4 Å². The summed E-state index contributed by atoms with van der Waals surface area (Å²) in [6, 6.07) is 124. The van der Waals surface area contributed by atoms with E-state index in [1.165, 1.54) is 87.3 Å². The van der Waals surface area contributed by atoms with Crippen LogP contribution < -0.4 is 26.2 Å². The number of fused-ring (bicyclic) bond motifs is 6. The first kappa shape index (κ1) is 54.4. The lowest BCUT2D eigenvalue weighted by Crippen LogP contribution is -2.61. The number of anilines is 6. The van der Waals surface area contributed by atoms with E-state index in [0.29, 0.717) is 0 Å². The van der Waals surface area contributed by atoms with Crippen LogP contribution in [0.15, 0.2) is 328 Å². The highest BCUT2D eigenvalue weighted by molar-refractivity contribution is 7.00. The molecule has 0 bridgehead atoms. The van der Waals surface area contributed by atoms with E-state index in [1.54, 1.807) is 0 Å². The third-order valence-corrected chi connectivity index (χ3v) is 19.9. The third kappa shape index (κ3) is 8.79. The summed E-state index contributed by atoms with van der Waals surface area (Å²) in [5.41, 5.74) is 28.1. The molecule has 0 amide bonds. The molecule has 0 aliphatic carbocycles. The molecule has 16 aromatic rings. The predicted molar refractivity (Wildman–Crippen MR) is 398 cm³/mol. The summed E-state index contributed by atoms with van der Waals surface area (Å²) < 4.78 is 0. The van der Waals surface area contributed by atoms with Crippen molar-refractivity contribution < 1.29 is 0 Å². The maximum Gasteiger partial charge on any atom is 0.252 e. The molecule has 436 valence electrons. The van der Waals surface area contributed by atoms with Crippen LogP contribution in [-0.2, 0) is 5.41 Å². The van der Waals surface area contributed by atoms with Gasteiger partial charge in [0.1, 0.15) is 0 Å². The standard InChI is InChI=1S/C90H63BN2/c1-90(2,3)69-49-44-59(45-50-69)68-56-82-87-83(57-68)93(89-73(62-30-15-7-16-31-62)39-23-40-74(89)63-32-17-8-18-33-63)81-53-48-67(70-51-46-65-36-20-42-76-75-41-19-34-64-35-21-43-77(84(64)75)86(70)85(65)76)55-79(81)91(87)78-54-66(58-24-9-4-10-25-58)47-52-80(78)92(82)88-71(60-26-11-5-12-27-60)37-22-38-72(88)61-28-13-6-14-29-61/h4-57H,1-3H3. The summed E-state index contributed by atoms with van der Waals surface area (Å²) >= 11 is 0. The van der Waals surface area contributed by atoms with E-state index in [1.807, 2.05) is 0 Å². The SMILES string of the molecule is CC(C)(C)c1ccc(-c2cc3c4c(c2)N(c2c(-c5ccccc5)cccc2-c2ccccc2)c2ccc(-c5ccc6cccc7c8cccc9cccc(c5c67)c98)cc2B4c2cc(-c4ccccc4)ccc2N3c2c(-c3ccccc3)cccc2-c2ccccc2)cc1. The molecule has 0 spiro atoms. The third-order valence-electron chi connectivity index (χ3n) is 19.9. The molecule has 93 heavy (non-hydrogen) atoms. The molecule has 2 heterocycles. The van der Waals surface area contributed by atoms with Crippen molar-refractivity contribution in [1.29, 1.82) is 0 Å². The van der Waals surface area contributed by atoms with Crippen LogP contribution in [0.1, 0.15) is 26.3 Å². The van der Waals surface area contributed by atoms with E-state index < -0.39 is 0 Å². The summed E-state index contributed by atoms with van der Waals surface area (Å²) in [4.78, 5) is 5.34. The van der Waals surface area contributed by atoms with E-state index >= 15 is 0 Å². The minimum Gasteiger partial charge on any atom is -0.310 e. The Hall–Kier alpha value is -11.5. The fourth-order valence-electron chi connectivity index (χ4n) is 15.7. The number of benzene rings is 16. The van der Waals surface area contributed by atoms with Crippen molar-refractivity contribution in [2.45, 2.75) is 26.2 Å². The molecule has 2 aliphatic rings. The van der Waals surface area contributed by atoms with Gasteiger partial charge in [-0.2, -0.15) is 0 Å². The fourth-order valence-corrected chi connectivity index (χ4v) is 15.7. The second-order valence-electron chi connectivity index (χ2n) is 26.2. The summed E-state index contributed by atoms with van der Waals surface area (Å²) in [7, 11) is 0. The Morgan fingerprint density at radius 1 is 0.247 bits per heavy atom. The summed E-state index contributed by atoms with van der Waals surface area (Å²) in [5.74, 6) is 0. The molecule has 0 saturated heterocycles. The summed E-state index contributed by atoms with van der Waals surface area (Å²) in [6.45, 7) is 6.68. The molecule has 0 atom stereocenters. The summed E-state index contributed by atoms with van der Waals surface area (Å²) in [5, 5.41) is 10.3. The van der Waals surface area contributed by atoms with Crippen LogP contribution in [0.5, 0.6) is 0 Å². The van der Waals surface area contributed by atoms with Crippen LogP contribution >= 0.6 is 0 Å². The molecular weight excluding hydrogens is 1120 g/mol. The Bertz CT molecular complexity index is 5440. The number of rotatable bonds is 9. The quantitative estimate of drug-likeness (QED) is 0.0807. The van der Waals surface area contributed by atoms with Gasteiger partial charge in [-0.05, 0) is 150 Å². The van der Waals surface area contributed by atoms with Crippen molar-refractivity contribution >= 4 is 100 Å². The first-order valence-electron chi connectivity index (χ1n) is 32.6. The largest absolute Gasteiger partial charge is 0.310 e. The van der Waals surface area contributed by atoms with Crippen molar-refractivity contribution in [1.82, 2.24) is 0 Å². The summed E-state index contributed by atoms with van der Waals surface area (Å²) in [6.07, 6.45) is 0. The Kier molecular flexibility index (Phi) is 12.6. The zero-order valence-corrected chi connectivity index (χ0v) is 52.1. The molecule has 18 rings (SSSR count). The lowest BCUT2D eigenvalue weighted by Gasteiger charge is -2.46. The Labute approximate surface area is 544 Å². The van der Waals surface area contributed by atoms with Gasteiger partial charge in [0.25, 0.3) is 6.71 Å². The van der Waals surface area contributed by atoms with Crippen LogP contribution in [0.25, 0.3) is 121 Å². The van der Waals surface area contributed by atoms with Gasteiger partial charge in [-0.25, -0.2) is 0 Å². The van der Waals surface area contributed by atoms with E-state index in [-0.39, 0.29) is 12.1 Å². The molecule has 0 unspecified atom stereocenters. The van der Waals surface area contributed by atoms with Crippen LogP contribution in [0, 0.1) is 0 Å². The van der Waals surface area contributed by atoms with Gasteiger partial charge in [0, 0.05) is 45.0 Å². The molecule has 0 N–H and O–H groups in total. The molecule has 3 heteroatoms. The number of hydrogen-bond acceptors (Lipinski definition) is 2. The second kappa shape index (κ2) is 21.6. The zero-order valence-electron chi connectivity index (χ0n) is 52.1. The second-order valence-corrected chi connectivity index (χ2v) is 26.2. The maximum atomic E-state index is 2.68. The monoisotopic (exact) mass is 1180 g/mol. The zero-order chi connectivity index (χ0) is 61.9. The van der Waals surface area contributed by atoms with Gasteiger partial charge in [-0.3, -0.25) is 0 Å². The van der Waals surface area contributed by atoms with Crippen molar-refractivity contribution in [3.63, 3.8) is 0 Å². The molecular formula is C90H63BN2. The molecule has 0 radical (unpaired) electrons.